The summed E-state index contributed by atoms with van der Waals surface area (Å²) in [5, 5.41) is 19.0. The summed E-state index contributed by atoms with van der Waals surface area (Å²) >= 11 is 0. The summed E-state index contributed by atoms with van der Waals surface area (Å²) in [6.45, 7) is 0.618. The van der Waals surface area contributed by atoms with Crippen LogP contribution in [0.3, 0.4) is 0 Å². The van der Waals surface area contributed by atoms with Crippen molar-refractivity contribution in [2.75, 3.05) is 0 Å². The molecule has 0 bridgehead atoms. The molecule has 108 valence electrons. The van der Waals surface area contributed by atoms with Gasteiger partial charge in [-0.25, -0.2) is 0 Å². The minimum atomic E-state index is -0.709. The molecule has 1 aromatic carbocycles. The summed E-state index contributed by atoms with van der Waals surface area (Å²) in [7, 11) is 0. The number of nitrogens with zero attached hydrogens (tertiary/aromatic N) is 1. The second kappa shape index (κ2) is 5.44. The average molecular weight is 275 g/mol. The molecule has 0 radical (unpaired) electrons. The van der Waals surface area contributed by atoms with Gasteiger partial charge in [-0.3, -0.25) is 9.69 Å². The molecule has 3 unspecified atom stereocenters. The van der Waals surface area contributed by atoms with Crippen molar-refractivity contribution in [3.63, 3.8) is 0 Å². The van der Waals surface area contributed by atoms with E-state index < -0.39 is 5.97 Å². The minimum absolute atomic E-state index is 0.244. The molecule has 0 amide bonds. The van der Waals surface area contributed by atoms with E-state index in [2.05, 4.69) is 4.90 Å². The fraction of sp³-hybridized carbons (Fsp3) is 0.562. The summed E-state index contributed by atoms with van der Waals surface area (Å²) in [5.74, 6) is 0.0653. The van der Waals surface area contributed by atoms with Crippen LogP contribution in [0.4, 0.5) is 0 Å². The van der Waals surface area contributed by atoms with Crippen molar-refractivity contribution >= 4 is 5.97 Å². The zero-order chi connectivity index (χ0) is 14.1. The van der Waals surface area contributed by atoms with Crippen molar-refractivity contribution < 1.29 is 15.0 Å². The van der Waals surface area contributed by atoms with E-state index in [1.807, 2.05) is 12.1 Å². The number of carboxylic acids is 1. The largest absolute Gasteiger partial charge is 0.508 e. The van der Waals surface area contributed by atoms with Gasteiger partial charge in [-0.15, -0.1) is 0 Å². The van der Waals surface area contributed by atoms with Crippen LogP contribution in [0.5, 0.6) is 5.75 Å². The van der Waals surface area contributed by atoms with Crippen molar-refractivity contribution in [1.29, 1.82) is 0 Å². The Labute approximate surface area is 119 Å². The van der Waals surface area contributed by atoms with E-state index in [4.69, 9.17) is 0 Å². The Morgan fingerprint density at radius 2 is 2.10 bits per heavy atom. The third-order valence-electron chi connectivity index (χ3n) is 4.78. The van der Waals surface area contributed by atoms with Crippen LogP contribution in [-0.4, -0.2) is 33.2 Å². The van der Waals surface area contributed by atoms with Crippen LogP contribution in [0, 0.1) is 5.92 Å². The smallest absolute Gasteiger partial charge is 0.320 e. The Kier molecular flexibility index (Phi) is 3.66. The molecule has 1 saturated heterocycles. The Morgan fingerprint density at radius 3 is 2.85 bits per heavy atom. The number of rotatable bonds is 3. The summed E-state index contributed by atoms with van der Waals surface area (Å²) in [5.41, 5.74) is 0.988. The van der Waals surface area contributed by atoms with E-state index in [-0.39, 0.29) is 11.8 Å². The van der Waals surface area contributed by atoms with Gasteiger partial charge in [0, 0.05) is 12.6 Å². The molecule has 1 saturated carbocycles. The molecule has 3 atom stereocenters. The number of aliphatic carboxylic acids is 1. The van der Waals surface area contributed by atoms with E-state index >= 15 is 0 Å². The molecule has 0 spiro atoms. The van der Waals surface area contributed by atoms with E-state index in [0.717, 1.165) is 24.8 Å². The predicted molar refractivity (Wildman–Crippen MR) is 75.4 cm³/mol. The van der Waals surface area contributed by atoms with Gasteiger partial charge in [-0.2, -0.15) is 0 Å². The van der Waals surface area contributed by atoms with Crippen molar-refractivity contribution in [2.24, 2.45) is 5.92 Å². The number of likely N-dealkylation sites (tertiary alicyclic amines) is 1. The monoisotopic (exact) mass is 275 g/mol. The second-order valence-electron chi connectivity index (χ2n) is 6.04. The van der Waals surface area contributed by atoms with E-state index in [9.17, 15) is 15.0 Å². The first-order valence-electron chi connectivity index (χ1n) is 7.41. The Hall–Kier alpha value is -1.55. The van der Waals surface area contributed by atoms with Crippen LogP contribution >= 0.6 is 0 Å². The number of aromatic hydroxyl groups is 1. The highest BCUT2D eigenvalue weighted by Crippen LogP contribution is 2.40. The molecule has 2 N–H and O–H groups in total. The average Bonchev–Trinajstić information content (AvgIpc) is 2.78. The summed E-state index contributed by atoms with van der Waals surface area (Å²) in [4.78, 5) is 13.7. The molecule has 1 heterocycles. The third-order valence-corrected chi connectivity index (χ3v) is 4.78. The molecule has 2 fully saturated rings. The molecule has 3 rings (SSSR count). The molecule has 1 aromatic rings. The maximum atomic E-state index is 11.5. The zero-order valence-electron chi connectivity index (χ0n) is 11.5. The molecule has 0 aromatic heterocycles. The maximum Gasteiger partial charge on any atom is 0.320 e. The van der Waals surface area contributed by atoms with E-state index in [1.54, 1.807) is 12.1 Å². The van der Waals surface area contributed by atoms with Gasteiger partial charge in [-0.1, -0.05) is 25.0 Å². The van der Waals surface area contributed by atoms with Gasteiger partial charge in [0.2, 0.25) is 0 Å². The maximum absolute atomic E-state index is 11.5. The first kappa shape index (κ1) is 13.4. The Balaban J connectivity index is 1.82. The Morgan fingerprint density at radius 1 is 1.30 bits per heavy atom. The lowest BCUT2D eigenvalue weighted by Crippen LogP contribution is -2.41. The lowest BCUT2D eigenvalue weighted by molar-refractivity contribution is -0.142. The van der Waals surface area contributed by atoms with Crippen molar-refractivity contribution in [2.45, 2.75) is 50.7 Å². The number of benzene rings is 1. The molecule has 4 nitrogen and oxygen atoms in total. The van der Waals surface area contributed by atoms with Crippen molar-refractivity contribution in [3.05, 3.63) is 29.8 Å². The van der Waals surface area contributed by atoms with Crippen LogP contribution in [0.2, 0.25) is 0 Å². The normalized spacial score (nSPS) is 30.1. The number of hydrogen-bond acceptors (Lipinski definition) is 3. The predicted octanol–water partition coefficient (Wildman–Crippen LogP) is 2.61. The van der Waals surface area contributed by atoms with E-state index in [1.165, 1.54) is 12.8 Å². The number of phenols is 1. The van der Waals surface area contributed by atoms with Crippen LogP contribution in [0.25, 0.3) is 0 Å². The standard InChI is InChI=1S/C16H21NO3/c18-13-6-3-4-11(8-13)10-17-14-7-2-1-5-12(14)9-15(17)16(19)20/h3-4,6,8,12,14-15,18H,1-2,5,7,9-10H2,(H,19,20). The molecule has 20 heavy (non-hydrogen) atoms. The highest BCUT2D eigenvalue weighted by molar-refractivity contribution is 5.74. The summed E-state index contributed by atoms with van der Waals surface area (Å²) in [6.07, 6.45) is 5.47. The number of hydrogen-bond donors (Lipinski definition) is 2. The Bertz CT molecular complexity index is 502. The van der Waals surface area contributed by atoms with Crippen molar-refractivity contribution in [1.82, 2.24) is 4.90 Å². The number of carbonyl (C=O) groups is 1. The molecule has 1 aliphatic heterocycles. The zero-order valence-corrected chi connectivity index (χ0v) is 11.5. The molecule has 1 aliphatic carbocycles. The van der Waals surface area contributed by atoms with Gasteiger partial charge in [0.25, 0.3) is 0 Å². The van der Waals surface area contributed by atoms with Gasteiger partial charge < -0.3 is 10.2 Å². The molecule has 2 aliphatic rings. The van der Waals surface area contributed by atoms with Gasteiger partial charge in [0.1, 0.15) is 11.8 Å². The fourth-order valence-corrected chi connectivity index (χ4v) is 3.89. The first-order valence-corrected chi connectivity index (χ1v) is 7.41. The second-order valence-corrected chi connectivity index (χ2v) is 6.04. The highest BCUT2D eigenvalue weighted by atomic mass is 16.4. The third kappa shape index (κ3) is 2.52. The SMILES string of the molecule is O=C(O)C1CC2CCCCC2N1Cc1cccc(O)c1. The molecular formula is C16H21NO3. The molecule has 4 heteroatoms. The van der Waals surface area contributed by atoms with Crippen molar-refractivity contribution in [3.8, 4) is 5.75 Å². The lowest BCUT2D eigenvalue weighted by Gasteiger charge is -2.33. The van der Waals surface area contributed by atoms with Gasteiger partial charge in [-0.05, 0) is 42.9 Å². The number of fused-ring (bicyclic) bond motifs is 1. The van der Waals surface area contributed by atoms with Gasteiger partial charge in [0.15, 0.2) is 0 Å². The molecular weight excluding hydrogens is 254 g/mol. The summed E-state index contributed by atoms with van der Waals surface area (Å²) in [6, 6.07) is 7.17. The highest BCUT2D eigenvalue weighted by Gasteiger charge is 2.44. The quantitative estimate of drug-likeness (QED) is 0.890. The van der Waals surface area contributed by atoms with Crippen LogP contribution in [0.1, 0.15) is 37.7 Å². The van der Waals surface area contributed by atoms with Crippen LogP contribution < -0.4 is 0 Å². The van der Waals surface area contributed by atoms with E-state index in [0.29, 0.717) is 18.5 Å². The number of carboxylic acid groups (broad SMARTS) is 1. The first-order chi connectivity index (χ1) is 9.65. The van der Waals surface area contributed by atoms with Crippen LogP contribution in [-0.2, 0) is 11.3 Å². The summed E-state index contributed by atoms with van der Waals surface area (Å²) < 4.78 is 0. The van der Waals surface area contributed by atoms with Crippen LogP contribution in [0.15, 0.2) is 24.3 Å². The topological polar surface area (TPSA) is 60.8 Å². The van der Waals surface area contributed by atoms with Gasteiger partial charge in [0.05, 0.1) is 0 Å². The lowest BCUT2D eigenvalue weighted by atomic mass is 9.84. The number of phenolic OH excluding ortho intramolecular Hbond substituents is 1. The fourth-order valence-electron chi connectivity index (χ4n) is 3.89. The van der Waals surface area contributed by atoms with Gasteiger partial charge >= 0.3 is 5.97 Å². The minimum Gasteiger partial charge on any atom is -0.508 e.